The Morgan fingerprint density at radius 2 is 1.56 bits per heavy atom. The van der Waals surface area contributed by atoms with Crippen molar-refractivity contribution in [3.05, 3.63) is 65.3 Å². The first kappa shape index (κ1) is 11.2. The highest BCUT2D eigenvalue weighted by atomic mass is 79.9. The molecule has 3 aromatic rings. The summed E-state index contributed by atoms with van der Waals surface area (Å²) >= 11 is 3.45. The first-order valence-electron chi connectivity index (χ1n) is 5.69. The molecule has 1 aromatic heterocycles. The molecule has 0 aliphatic heterocycles. The lowest BCUT2D eigenvalue weighted by Gasteiger charge is -2.03. The highest BCUT2D eigenvalue weighted by Crippen LogP contribution is 2.30. The fraction of sp³-hybridized carbons (Fsp3) is 0. The molecule has 0 amide bonds. The van der Waals surface area contributed by atoms with Crippen LogP contribution in [0.2, 0.25) is 0 Å². The summed E-state index contributed by atoms with van der Waals surface area (Å²) in [5.74, 6) is 0. The van der Waals surface area contributed by atoms with Gasteiger partial charge in [0.2, 0.25) is 0 Å². The van der Waals surface area contributed by atoms with Gasteiger partial charge in [-0.15, -0.1) is 0 Å². The Morgan fingerprint density at radius 3 is 2.28 bits per heavy atom. The van der Waals surface area contributed by atoms with Crippen molar-refractivity contribution in [3.8, 4) is 22.4 Å². The molecule has 0 saturated carbocycles. The van der Waals surface area contributed by atoms with Crippen LogP contribution in [0.1, 0.15) is 0 Å². The molecule has 0 atom stereocenters. The molecule has 18 heavy (non-hydrogen) atoms. The molecule has 0 bridgehead atoms. The predicted octanol–water partition coefficient (Wildman–Crippen LogP) is 4.51. The first-order chi connectivity index (χ1) is 8.84. The lowest BCUT2D eigenvalue weighted by Crippen LogP contribution is -1.82. The number of H-pyrrole nitrogens is 1. The van der Waals surface area contributed by atoms with Crippen molar-refractivity contribution in [2.24, 2.45) is 0 Å². The molecule has 0 radical (unpaired) electrons. The molecule has 0 fully saturated rings. The summed E-state index contributed by atoms with van der Waals surface area (Å²) in [5.41, 5.74) is 4.48. The van der Waals surface area contributed by atoms with Crippen LogP contribution in [0.4, 0.5) is 0 Å². The van der Waals surface area contributed by atoms with Crippen molar-refractivity contribution in [2.75, 3.05) is 0 Å². The molecule has 0 saturated heterocycles. The van der Waals surface area contributed by atoms with E-state index in [9.17, 15) is 0 Å². The minimum absolute atomic E-state index is 1.05. The molecule has 3 rings (SSSR count). The molecule has 0 spiro atoms. The highest BCUT2D eigenvalue weighted by Gasteiger charge is 2.08. The lowest BCUT2D eigenvalue weighted by atomic mass is 10.0. The summed E-state index contributed by atoms with van der Waals surface area (Å²) in [6, 6.07) is 18.5. The van der Waals surface area contributed by atoms with Gasteiger partial charge in [0.15, 0.2) is 0 Å². The van der Waals surface area contributed by atoms with Gasteiger partial charge in [-0.1, -0.05) is 58.4 Å². The van der Waals surface area contributed by atoms with Crippen molar-refractivity contribution < 1.29 is 0 Å². The molecule has 1 N–H and O–H groups in total. The largest absolute Gasteiger partial charge is 0.277 e. The maximum Gasteiger partial charge on any atom is 0.0728 e. The summed E-state index contributed by atoms with van der Waals surface area (Å²) in [4.78, 5) is 0. The second-order valence-corrected chi connectivity index (χ2v) is 4.95. The van der Waals surface area contributed by atoms with Crippen LogP contribution in [0.3, 0.4) is 0 Å². The third-order valence-corrected chi connectivity index (χ3v) is 3.39. The summed E-state index contributed by atoms with van der Waals surface area (Å²) in [6.45, 7) is 0. The summed E-state index contributed by atoms with van der Waals surface area (Å²) in [7, 11) is 0. The number of halogens is 1. The minimum atomic E-state index is 1.05. The molecule has 0 unspecified atom stereocenters. The molecule has 88 valence electrons. The molecule has 3 heteroatoms. The van der Waals surface area contributed by atoms with Crippen LogP contribution in [0, 0.1) is 0 Å². The number of hydrogen-bond donors (Lipinski definition) is 1. The van der Waals surface area contributed by atoms with Gasteiger partial charge in [0, 0.05) is 15.6 Å². The molecule has 2 aromatic carbocycles. The number of rotatable bonds is 2. The molecule has 0 aliphatic rings. The van der Waals surface area contributed by atoms with Gasteiger partial charge in [-0.25, -0.2) is 0 Å². The number of aromatic nitrogens is 2. The zero-order chi connectivity index (χ0) is 12.4. The number of nitrogens with one attached hydrogen (secondary N) is 1. The molecule has 1 heterocycles. The van der Waals surface area contributed by atoms with Crippen LogP contribution in [0.15, 0.2) is 65.3 Å². The fourth-order valence-electron chi connectivity index (χ4n) is 1.96. The summed E-state index contributed by atoms with van der Waals surface area (Å²) in [6.07, 6.45) is 1.87. The Balaban J connectivity index is 2.10. The van der Waals surface area contributed by atoms with Crippen molar-refractivity contribution in [1.82, 2.24) is 10.2 Å². The van der Waals surface area contributed by atoms with Crippen molar-refractivity contribution in [2.45, 2.75) is 0 Å². The van der Waals surface area contributed by atoms with Crippen molar-refractivity contribution in [1.29, 1.82) is 0 Å². The minimum Gasteiger partial charge on any atom is -0.277 e. The van der Waals surface area contributed by atoms with Crippen LogP contribution in [-0.2, 0) is 0 Å². The van der Waals surface area contributed by atoms with E-state index in [0.29, 0.717) is 0 Å². The van der Waals surface area contributed by atoms with Crippen LogP contribution < -0.4 is 0 Å². The summed E-state index contributed by atoms with van der Waals surface area (Å²) in [5, 5.41) is 7.23. The van der Waals surface area contributed by atoms with E-state index in [1.54, 1.807) is 0 Å². The van der Waals surface area contributed by atoms with E-state index in [-0.39, 0.29) is 0 Å². The number of nitrogens with zero attached hydrogens (tertiary/aromatic N) is 1. The topological polar surface area (TPSA) is 28.7 Å². The van der Waals surface area contributed by atoms with Crippen LogP contribution >= 0.6 is 15.9 Å². The smallest absolute Gasteiger partial charge is 0.0728 e. The molecule has 0 aliphatic carbocycles. The van der Waals surface area contributed by atoms with Crippen LogP contribution in [0.5, 0.6) is 0 Å². The third-order valence-electron chi connectivity index (χ3n) is 2.86. The van der Waals surface area contributed by atoms with Crippen LogP contribution in [-0.4, -0.2) is 10.2 Å². The van der Waals surface area contributed by atoms with Gasteiger partial charge in [-0.05, 0) is 17.7 Å². The predicted molar refractivity (Wildman–Crippen MR) is 77.2 cm³/mol. The number of benzene rings is 2. The highest BCUT2D eigenvalue weighted by molar-refractivity contribution is 9.10. The average molecular weight is 299 g/mol. The van der Waals surface area contributed by atoms with Gasteiger partial charge in [0.25, 0.3) is 0 Å². The first-order valence-corrected chi connectivity index (χ1v) is 6.48. The van der Waals surface area contributed by atoms with Gasteiger partial charge >= 0.3 is 0 Å². The quantitative estimate of drug-likeness (QED) is 0.741. The van der Waals surface area contributed by atoms with Gasteiger partial charge in [-0.3, -0.25) is 5.10 Å². The second-order valence-electron chi connectivity index (χ2n) is 4.03. The average Bonchev–Trinajstić information content (AvgIpc) is 2.90. The van der Waals surface area contributed by atoms with E-state index in [1.165, 1.54) is 0 Å². The molecular formula is C15H11BrN2. The SMILES string of the molecule is Brc1ccc(-c2cn[nH]c2-c2ccccc2)cc1. The van der Waals surface area contributed by atoms with Gasteiger partial charge in [-0.2, -0.15) is 5.10 Å². The Bertz CT molecular complexity index is 642. The Kier molecular flexibility index (Phi) is 2.99. The summed E-state index contributed by atoms with van der Waals surface area (Å²) < 4.78 is 1.08. The lowest BCUT2D eigenvalue weighted by molar-refractivity contribution is 1.10. The van der Waals surface area contributed by atoms with E-state index in [1.807, 2.05) is 36.5 Å². The van der Waals surface area contributed by atoms with E-state index in [4.69, 9.17) is 0 Å². The normalized spacial score (nSPS) is 10.5. The number of aromatic amines is 1. The fourth-order valence-corrected chi connectivity index (χ4v) is 2.22. The van der Waals surface area contributed by atoms with Gasteiger partial charge < -0.3 is 0 Å². The Hall–Kier alpha value is -1.87. The zero-order valence-electron chi connectivity index (χ0n) is 9.60. The Morgan fingerprint density at radius 1 is 0.833 bits per heavy atom. The maximum atomic E-state index is 4.16. The maximum absolute atomic E-state index is 4.16. The third kappa shape index (κ3) is 2.09. The van der Waals surface area contributed by atoms with E-state index < -0.39 is 0 Å². The zero-order valence-corrected chi connectivity index (χ0v) is 11.2. The van der Waals surface area contributed by atoms with E-state index in [0.717, 1.165) is 26.9 Å². The standard InChI is InChI=1S/C15H11BrN2/c16-13-8-6-11(7-9-13)14-10-17-18-15(14)12-4-2-1-3-5-12/h1-10H,(H,17,18). The van der Waals surface area contributed by atoms with Crippen LogP contribution in [0.25, 0.3) is 22.4 Å². The van der Waals surface area contributed by atoms with Crippen molar-refractivity contribution in [3.63, 3.8) is 0 Å². The molecule has 2 nitrogen and oxygen atoms in total. The Labute approximate surface area is 114 Å². The van der Waals surface area contributed by atoms with Gasteiger partial charge in [0.1, 0.15) is 0 Å². The van der Waals surface area contributed by atoms with E-state index in [2.05, 4.69) is 50.4 Å². The van der Waals surface area contributed by atoms with Gasteiger partial charge in [0.05, 0.1) is 11.9 Å². The monoisotopic (exact) mass is 298 g/mol. The second kappa shape index (κ2) is 4.78. The van der Waals surface area contributed by atoms with Crippen molar-refractivity contribution >= 4 is 15.9 Å². The number of hydrogen-bond acceptors (Lipinski definition) is 1. The molecular weight excluding hydrogens is 288 g/mol. The van der Waals surface area contributed by atoms with E-state index >= 15 is 0 Å².